The number of para-hydroxylation sites is 1. The number of hydrogen-bond acceptors (Lipinski definition) is 2. The van der Waals surface area contributed by atoms with Crippen molar-refractivity contribution in [2.45, 2.75) is 51.5 Å². The van der Waals surface area contributed by atoms with Gasteiger partial charge in [-0.2, -0.15) is 0 Å². The number of piperidine rings is 1. The number of hydrogen-bond donors (Lipinski definition) is 0. The van der Waals surface area contributed by atoms with Gasteiger partial charge in [0.15, 0.2) is 0 Å². The van der Waals surface area contributed by atoms with Crippen molar-refractivity contribution in [3.63, 3.8) is 0 Å². The highest BCUT2D eigenvalue weighted by molar-refractivity contribution is 6.30. The van der Waals surface area contributed by atoms with Crippen LogP contribution in [0.5, 0.6) is 0 Å². The number of halogens is 1. The van der Waals surface area contributed by atoms with Gasteiger partial charge in [0.05, 0.1) is 5.41 Å². The maximum atomic E-state index is 13.3. The summed E-state index contributed by atoms with van der Waals surface area (Å²) < 4.78 is 0. The van der Waals surface area contributed by atoms with Crippen molar-refractivity contribution in [2.75, 3.05) is 18.0 Å². The van der Waals surface area contributed by atoms with Gasteiger partial charge in [-0.05, 0) is 56.5 Å². The zero-order chi connectivity index (χ0) is 21.0. The zero-order valence-electron chi connectivity index (χ0n) is 17.4. The van der Waals surface area contributed by atoms with Crippen LogP contribution in [0.25, 0.3) is 0 Å². The molecule has 29 heavy (non-hydrogen) atoms. The van der Waals surface area contributed by atoms with Crippen molar-refractivity contribution < 1.29 is 9.59 Å². The van der Waals surface area contributed by atoms with Crippen molar-refractivity contribution in [2.24, 2.45) is 0 Å². The third-order valence-electron chi connectivity index (χ3n) is 5.82. The van der Waals surface area contributed by atoms with E-state index in [-0.39, 0.29) is 17.9 Å². The minimum absolute atomic E-state index is 0.117. The van der Waals surface area contributed by atoms with Gasteiger partial charge in [0.2, 0.25) is 11.8 Å². The number of nitrogens with zero attached hydrogens (tertiary/aromatic N) is 2. The first-order valence-electron chi connectivity index (χ1n) is 10.3. The van der Waals surface area contributed by atoms with Crippen molar-refractivity contribution >= 4 is 29.1 Å². The van der Waals surface area contributed by atoms with Crippen LogP contribution in [0, 0.1) is 0 Å². The van der Waals surface area contributed by atoms with Crippen LogP contribution in [0.3, 0.4) is 0 Å². The summed E-state index contributed by atoms with van der Waals surface area (Å²) in [5.74, 6) is 0.244. The van der Waals surface area contributed by atoms with E-state index in [9.17, 15) is 9.59 Å². The molecular formula is C24H29ClN2O2. The van der Waals surface area contributed by atoms with Crippen LogP contribution < -0.4 is 4.90 Å². The van der Waals surface area contributed by atoms with Gasteiger partial charge in [-0.25, -0.2) is 0 Å². The van der Waals surface area contributed by atoms with E-state index in [0.29, 0.717) is 24.5 Å². The molecule has 0 saturated carbocycles. The molecule has 154 valence electrons. The van der Waals surface area contributed by atoms with Gasteiger partial charge >= 0.3 is 0 Å². The topological polar surface area (TPSA) is 40.6 Å². The molecule has 0 spiro atoms. The fourth-order valence-corrected chi connectivity index (χ4v) is 4.16. The molecule has 0 atom stereocenters. The average molecular weight is 413 g/mol. The van der Waals surface area contributed by atoms with Gasteiger partial charge in [-0.1, -0.05) is 48.9 Å². The second-order valence-electron chi connectivity index (χ2n) is 8.11. The first kappa shape index (κ1) is 21.4. The number of likely N-dealkylation sites (tertiary alicyclic amines) is 1. The maximum Gasteiger partial charge on any atom is 0.232 e. The number of carbonyl (C=O) groups is 2. The molecule has 2 aromatic rings. The predicted molar refractivity (Wildman–Crippen MR) is 118 cm³/mol. The maximum absolute atomic E-state index is 13.3. The highest BCUT2D eigenvalue weighted by Crippen LogP contribution is 2.30. The van der Waals surface area contributed by atoms with Crippen LogP contribution in [0.4, 0.5) is 5.69 Å². The van der Waals surface area contributed by atoms with Crippen LogP contribution in [-0.4, -0.2) is 35.8 Å². The second kappa shape index (κ2) is 9.00. The Hall–Kier alpha value is -2.33. The number of benzene rings is 2. The third-order valence-corrected chi connectivity index (χ3v) is 6.07. The Balaban J connectivity index is 1.71. The first-order chi connectivity index (χ1) is 13.8. The Bertz CT molecular complexity index is 841. The molecule has 5 heteroatoms. The molecule has 0 aromatic heterocycles. The highest BCUT2D eigenvalue weighted by atomic mass is 35.5. The SMILES string of the molecule is CCC(=O)N(c1ccccc1)C1CCN(C(=O)C(C)(C)c2ccc(Cl)cc2)CC1. The highest BCUT2D eigenvalue weighted by Gasteiger charge is 2.37. The van der Waals surface area contributed by atoms with Gasteiger partial charge in [-0.3, -0.25) is 9.59 Å². The minimum Gasteiger partial charge on any atom is -0.342 e. The monoisotopic (exact) mass is 412 g/mol. The van der Waals surface area contributed by atoms with Crippen molar-refractivity contribution in [3.8, 4) is 0 Å². The number of amides is 2. The van der Waals surface area contributed by atoms with Crippen molar-refractivity contribution in [1.29, 1.82) is 0 Å². The van der Waals surface area contributed by atoms with Crippen LogP contribution in [0.2, 0.25) is 5.02 Å². The molecule has 0 bridgehead atoms. The van der Waals surface area contributed by atoms with Crippen LogP contribution in [0.15, 0.2) is 54.6 Å². The lowest BCUT2D eigenvalue weighted by Crippen LogP contribution is -2.52. The fourth-order valence-electron chi connectivity index (χ4n) is 4.03. The van der Waals surface area contributed by atoms with Crippen LogP contribution >= 0.6 is 11.6 Å². The van der Waals surface area contributed by atoms with Gasteiger partial charge in [0.25, 0.3) is 0 Å². The summed E-state index contributed by atoms with van der Waals surface area (Å²) in [6.07, 6.45) is 2.03. The normalized spacial score (nSPS) is 15.2. The smallest absolute Gasteiger partial charge is 0.232 e. The summed E-state index contributed by atoms with van der Waals surface area (Å²) in [6, 6.07) is 17.4. The molecule has 3 rings (SSSR count). The summed E-state index contributed by atoms with van der Waals surface area (Å²) in [5, 5.41) is 0.666. The molecule has 1 saturated heterocycles. The third kappa shape index (κ3) is 4.64. The lowest BCUT2D eigenvalue weighted by atomic mass is 9.82. The molecule has 2 amide bonds. The summed E-state index contributed by atoms with van der Waals surface area (Å²) in [7, 11) is 0. The Morgan fingerprint density at radius 2 is 1.62 bits per heavy atom. The molecule has 1 aliphatic heterocycles. The molecule has 0 unspecified atom stereocenters. The Labute approximate surface area is 178 Å². The lowest BCUT2D eigenvalue weighted by Gasteiger charge is -2.41. The summed E-state index contributed by atoms with van der Waals surface area (Å²) in [5.41, 5.74) is 1.28. The average Bonchev–Trinajstić information content (AvgIpc) is 2.75. The largest absolute Gasteiger partial charge is 0.342 e. The van der Waals surface area contributed by atoms with Gasteiger partial charge in [0.1, 0.15) is 0 Å². The van der Waals surface area contributed by atoms with Gasteiger partial charge in [-0.15, -0.1) is 0 Å². The van der Waals surface area contributed by atoms with E-state index >= 15 is 0 Å². The number of rotatable bonds is 5. The molecule has 1 aliphatic rings. The molecule has 0 radical (unpaired) electrons. The quantitative estimate of drug-likeness (QED) is 0.689. The molecule has 0 N–H and O–H groups in total. The standard InChI is InChI=1S/C24H29ClN2O2/c1-4-22(28)27(20-8-6-5-7-9-20)21-14-16-26(17-15-21)23(29)24(2,3)18-10-12-19(25)13-11-18/h5-13,21H,4,14-17H2,1-3H3. The number of anilines is 1. The van der Waals surface area contributed by atoms with Gasteiger partial charge < -0.3 is 9.80 Å². The second-order valence-corrected chi connectivity index (χ2v) is 8.54. The predicted octanol–water partition coefficient (Wildman–Crippen LogP) is 5.05. The van der Waals surface area contributed by atoms with E-state index in [1.54, 1.807) is 0 Å². The Morgan fingerprint density at radius 1 is 1.03 bits per heavy atom. The van der Waals surface area contributed by atoms with E-state index < -0.39 is 5.41 Å². The van der Waals surface area contributed by atoms with Gasteiger partial charge in [0, 0.05) is 36.3 Å². The minimum atomic E-state index is -0.615. The van der Waals surface area contributed by atoms with E-state index in [2.05, 4.69) is 0 Å². The molecular weight excluding hydrogens is 384 g/mol. The molecule has 2 aromatic carbocycles. The Morgan fingerprint density at radius 3 is 2.17 bits per heavy atom. The fraction of sp³-hybridized carbons (Fsp3) is 0.417. The van der Waals surface area contributed by atoms with Crippen molar-refractivity contribution in [3.05, 3.63) is 65.2 Å². The van der Waals surface area contributed by atoms with E-state index in [0.717, 1.165) is 24.1 Å². The molecule has 1 heterocycles. The van der Waals surface area contributed by atoms with Crippen LogP contribution in [-0.2, 0) is 15.0 Å². The zero-order valence-corrected chi connectivity index (χ0v) is 18.2. The van der Waals surface area contributed by atoms with E-state index in [1.165, 1.54) is 0 Å². The summed E-state index contributed by atoms with van der Waals surface area (Å²) in [6.45, 7) is 7.12. The molecule has 4 nitrogen and oxygen atoms in total. The summed E-state index contributed by atoms with van der Waals surface area (Å²) in [4.78, 5) is 29.7. The van der Waals surface area contributed by atoms with E-state index in [4.69, 9.17) is 11.6 Å². The first-order valence-corrected chi connectivity index (χ1v) is 10.6. The summed E-state index contributed by atoms with van der Waals surface area (Å²) >= 11 is 6.00. The van der Waals surface area contributed by atoms with Crippen LogP contribution in [0.1, 0.15) is 45.6 Å². The molecule has 0 aliphatic carbocycles. The van der Waals surface area contributed by atoms with E-state index in [1.807, 2.05) is 85.2 Å². The molecule has 1 fully saturated rings. The van der Waals surface area contributed by atoms with Crippen molar-refractivity contribution in [1.82, 2.24) is 4.90 Å². The number of carbonyl (C=O) groups excluding carboxylic acids is 2. The lowest BCUT2D eigenvalue weighted by molar-refractivity contribution is -0.137. The Kier molecular flexibility index (Phi) is 6.63.